The largest absolute Gasteiger partial charge is 0.497 e. The molecule has 0 radical (unpaired) electrons. The van der Waals surface area contributed by atoms with Crippen LogP contribution in [0.1, 0.15) is 39.0 Å². The highest BCUT2D eigenvalue weighted by atomic mass is 32.2. The number of nitrogens with zero attached hydrogens (tertiary/aromatic N) is 2. The number of aromatic nitrogens is 2. The Bertz CT molecular complexity index is 786. The summed E-state index contributed by atoms with van der Waals surface area (Å²) in [6, 6.07) is 7.39. The number of ether oxygens (including phenoxy) is 1. The fourth-order valence-corrected chi connectivity index (χ4v) is 3.64. The average Bonchev–Trinajstić information content (AvgIpc) is 3.17. The maximum absolute atomic E-state index is 12.3. The third kappa shape index (κ3) is 5.60. The highest BCUT2D eigenvalue weighted by Gasteiger charge is 2.18. The van der Waals surface area contributed by atoms with Crippen LogP contribution in [0.15, 0.2) is 45.6 Å². The van der Waals surface area contributed by atoms with Crippen LogP contribution in [0.5, 0.6) is 5.75 Å². The second-order valence-corrected chi connectivity index (χ2v) is 7.80. The molecule has 1 aromatic heterocycles. The molecule has 1 N–H and O–H groups in total. The number of allylic oxidation sites excluding steroid dienone is 1. The SMILES string of the molecule is COc1ccc(-c2nnc(S[C@H](C)C(=O)NCCC3=CCCCC3)o2)cc1. The molecule has 2 aromatic rings. The van der Waals surface area contributed by atoms with Crippen LogP contribution in [0.4, 0.5) is 0 Å². The lowest BCUT2D eigenvalue weighted by atomic mass is 9.97. The summed E-state index contributed by atoms with van der Waals surface area (Å²) in [6.45, 7) is 2.52. The van der Waals surface area contributed by atoms with E-state index in [1.807, 2.05) is 31.2 Å². The van der Waals surface area contributed by atoms with Crippen LogP contribution < -0.4 is 10.1 Å². The van der Waals surface area contributed by atoms with Crippen LogP contribution >= 0.6 is 11.8 Å². The van der Waals surface area contributed by atoms with Crippen LogP contribution in [-0.2, 0) is 4.79 Å². The summed E-state index contributed by atoms with van der Waals surface area (Å²) in [6.07, 6.45) is 8.13. The third-order valence-electron chi connectivity index (χ3n) is 4.52. The van der Waals surface area contributed by atoms with Gasteiger partial charge in [0.1, 0.15) is 5.75 Å². The maximum atomic E-state index is 12.3. The van der Waals surface area contributed by atoms with Gasteiger partial charge < -0.3 is 14.5 Å². The van der Waals surface area contributed by atoms with Gasteiger partial charge in [-0.05, 0) is 63.3 Å². The molecule has 1 aromatic carbocycles. The van der Waals surface area contributed by atoms with Crippen molar-refractivity contribution in [1.29, 1.82) is 0 Å². The standard InChI is InChI=1S/C20H25N3O3S/c1-14(18(24)21-13-12-15-6-4-3-5-7-15)27-20-23-22-19(26-20)16-8-10-17(25-2)11-9-16/h6,8-11,14H,3-5,7,12-13H2,1-2H3,(H,21,24)/t14-/m1/s1. The molecule has 0 bridgehead atoms. The van der Waals surface area contributed by atoms with Crippen LogP contribution in [0, 0.1) is 0 Å². The van der Waals surface area contributed by atoms with E-state index < -0.39 is 0 Å². The predicted octanol–water partition coefficient (Wildman–Crippen LogP) is 4.23. The van der Waals surface area contributed by atoms with Crippen LogP contribution in [0.2, 0.25) is 0 Å². The molecular formula is C20H25N3O3S. The minimum atomic E-state index is -0.297. The first kappa shape index (κ1) is 19.5. The molecule has 144 valence electrons. The van der Waals surface area contributed by atoms with Crippen molar-refractivity contribution in [2.24, 2.45) is 0 Å². The smallest absolute Gasteiger partial charge is 0.277 e. The summed E-state index contributed by atoms with van der Waals surface area (Å²) < 4.78 is 10.8. The van der Waals surface area contributed by atoms with E-state index in [1.54, 1.807) is 7.11 Å². The van der Waals surface area contributed by atoms with E-state index >= 15 is 0 Å². The summed E-state index contributed by atoms with van der Waals surface area (Å²) >= 11 is 1.27. The molecule has 1 amide bonds. The molecular weight excluding hydrogens is 362 g/mol. The van der Waals surface area contributed by atoms with E-state index in [4.69, 9.17) is 9.15 Å². The molecule has 1 aliphatic carbocycles. The van der Waals surface area contributed by atoms with Gasteiger partial charge in [0.2, 0.25) is 11.8 Å². The average molecular weight is 388 g/mol. The second kappa shape index (κ2) is 9.60. The van der Waals surface area contributed by atoms with Gasteiger partial charge in [-0.3, -0.25) is 4.79 Å². The summed E-state index contributed by atoms with van der Waals surface area (Å²) in [4.78, 5) is 12.3. The van der Waals surface area contributed by atoms with Crippen molar-refractivity contribution in [3.05, 3.63) is 35.9 Å². The molecule has 0 spiro atoms. The molecule has 0 unspecified atom stereocenters. The minimum Gasteiger partial charge on any atom is -0.497 e. The third-order valence-corrected chi connectivity index (χ3v) is 5.45. The normalized spacial score (nSPS) is 15.1. The van der Waals surface area contributed by atoms with Gasteiger partial charge in [-0.15, -0.1) is 10.2 Å². The van der Waals surface area contributed by atoms with Gasteiger partial charge in [-0.25, -0.2) is 0 Å². The topological polar surface area (TPSA) is 77.2 Å². The molecule has 0 saturated heterocycles. The van der Waals surface area contributed by atoms with Crippen molar-refractivity contribution in [2.45, 2.75) is 49.5 Å². The monoisotopic (exact) mass is 387 g/mol. The Labute approximate surface area is 163 Å². The Hall–Kier alpha value is -2.28. The van der Waals surface area contributed by atoms with Gasteiger partial charge in [0.25, 0.3) is 5.22 Å². The highest BCUT2D eigenvalue weighted by molar-refractivity contribution is 8.00. The lowest BCUT2D eigenvalue weighted by Crippen LogP contribution is -2.31. The van der Waals surface area contributed by atoms with E-state index in [0.717, 1.165) is 24.2 Å². The molecule has 0 saturated carbocycles. The van der Waals surface area contributed by atoms with Gasteiger partial charge in [-0.1, -0.05) is 23.4 Å². The summed E-state index contributed by atoms with van der Waals surface area (Å²) in [5.41, 5.74) is 2.27. The fraction of sp³-hybridized carbons (Fsp3) is 0.450. The number of thioether (sulfide) groups is 1. The molecule has 27 heavy (non-hydrogen) atoms. The van der Waals surface area contributed by atoms with E-state index in [0.29, 0.717) is 17.7 Å². The van der Waals surface area contributed by atoms with E-state index in [9.17, 15) is 4.79 Å². The van der Waals surface area contributed by atoms with Gasteiger partial charge >= 0.3 is 0 Å². The van der Waals surface area contributed by atoms with E-state index in [-0.39, 0.29) is 11.2 Å². The van der Waals surface area contributed by atoms with Crippen molar-refractivity contribution in [1.82, 2.24) is 15.5 Å². The van der Waals surface area contributed by atoms with Crippen molar-refractivity contribution < 1.29 is 13.9 Å². The molecule has 7 heteroatoms. The molecule has 3 rings (SSSR count). The van der Waals surface area contributed by atoms with Gasteiger partial charge in [0.15, 0.2) is 0 Å². The Morgan fingerprint density at radius 1 is 1.30 bits per heavy atom. The summed E-state index contributed by atoms with van der Waals surface area (Å²) in [5, 5.41) is 11.2. The van der Waals surface area contributed by atoms with Gasteiger partial charge in [0, 0.05) is 12.1 Å². The number of methoxy groups -OCH3 is 1. The molecule has 0 aliphatic heterocycles. The molecule has 1 atom stereocenters. The number of amides is 1. The molecule has 1 heterocycles. The highest BCUT2D eigenvalue weighted by Crippen LogP contribution is 2.27. The zero-order chi connectivity index (χ0) is 19.1. The quantitative estimate of drug-likeness (QED) is 0.539. The minimum absolute atomic E-state index is 0.0133. The zero-order valence-electron chi connectivity index (χ0n) is 15.7. The molecule has 6 nitrogen and oxygen atoms in total. The Kier molecular flexibility index (Phi) is 6.92. The zero-order valence-corrected chi connectivity index (χ0v) is 16.6. The maximum Gasteiger partial charge on any atom is 0.277 e. The molecule has 1 aliphatic rings. The Morgan fingerprint density at radius 2 is 2.11 bits per heavy atom. The first-order valence-electron chi connectivity index (χ1n) is 9.26. The number of rotatable bonds is 8. The van der Waals surface area contributed by atoms with E-state index in [1.165, 1.54) is 36.6 Å². The predicted molar refractivity (Wildman–Crippen MR) is 106 cm³/mol. The number of nitrogens with one attached hydrogen (secondary N) is 1. The number of carbonyl (C=O) groups is 1. The van der Waals surface area contributed by atoms with Gasteiger partial charge in [0.05, 0.1) is 12.4 Å². The molecule has 0 fully saturated rings. The second-order valence-electron chi connectivity index (χ2n) is 6.51. The van der Waals surface area contributed by atoms with Crippen LogP contribution in [0.25, 0.3) is 11.5 Å². The van der Waals surface area contributed by atoms with Crippen molar-refractivity contribution in [3.63, 3.8) is 0 Å². The lowest BCUT2D eigenvalue weighted by Gasteiger charge is -2.14. The number of hydrogen-bond donors (Lipinski definition) is 1. The summed E-state index contributed by atoms with van der Waals surface area (Å²) in [5.74, 6) is 1.18. The lowest BCUT2D eigenvalue weighted by molar-refractivity contribution is -0.120. The summed E-state index contributed by atoms with van der Waals surface area (Å²) in [7, 11) is 1.62. The number of benzene rings is 1. The Balaban J connectivity index is 1.48. The fourth-order valence-electron chi connectivity index (χ4n) is 2.93. The van der Waals surface area contributed by atoms with Crippen LogP contribution in [-0.4, -0.2) is 35.0 Å². The number of carbonyl (C=O) groups excluding carboxylic acids is 1. The van der Waals surface area contributed by atoms with Crippen molar-refractivity contribution in [2.75, 3.05) is 13.7 Å². The van der Waals surface area contributed by atoms with Crippen molar-refractivity contribution in [3.8, 4) is 17.2 Å². The van der Waals surface area contributed by atoms with E-state index in [2.05, 4.69) is 21.6 Å². The first-order chi connectivity index (χ1) is 13.2. The van der Waals surface area contributed by atoms with Crippen LogP contribution in [0.3, 0.4) is 0 Å². The Morgan fingerprint density at radius 3 is 2.81 bits per heavy atom. The number of hydrogen-bond acceptors (Lipinski definition) is 6. The van der Waals surface area contributed by atoms with Gasteiger partial charge in [-0.2, -0.15) is 0 Å². The van der Waals surface area contributed by atoms with Crippen molar-refractivity contribution >= 4 is 17.7 Å². The first-order valence-corrected chi connectivity index (χ1v) is 10.1.